The minimum absolute atomic E-state index is 0.204. The van der Waals surface area contributed by atoms with Crippen LogP contribution in [0.25, 0.3) is 0 Å². The molecule has 0 aromatic carbocycles. The summed E-state index contributed by atoms with van der Waals surface area (Å²) < 4.78 is 0. The molecule has 7 heavy (non-hydrogen) atoms. The average Bonchev–Trinajstić information content (AvgIpc) is 1.61. The van der Waals surface area contributed by atoms with Crippen LogP contribution in [0.5, 0.6) is 0 Å². The van der Waals surface area contributed by atoms with Crippen molar-refractivity contribution in [2.24, 2.45) is 0 Å². The molecule has 2 nitrogen and oxygen atoms in total. The molecule has 0 unspecified atom stereocenters. The Bertz CT molecular complexity index is 101. The summed E-state index contributed by atoms with van der Waals surface area (Å²) in [5.74, 6) is 2.00. The maximum Gasteiger partial charge on any atom is 0.238 e. The molecule has 0 fully saturated rings. The number of rotatable bonds is 1. The molecule has 1 amide bonds. The summed E-state index contributed by atoms with van der Waals surface area (Å²) in [5, 5.41) is 3.37. The quantitative estimate of drug-likeness (QED) is 0.415. The molecule has 0 aromatic rings. The first-order valence-corrected chi connectivity index (χ1v) is 1.89. The third kappa shape index (κ3) is 5.03. The number of carbonyl (C=O) groups is 1. The van der Waals surface area contributed by atoms with Crippen LogP contribution in [0.1, 0.15) is 6.92 Å². The van der Waals surface area contributed by atoms with Crippen molar-refractivity contribution in [1.29, 1.82) is 0 Å². The zero-order chi connectivity index (χ0) is 5.70. The summed E-state index contributed by atoms with van der Waals surface area (Å²) in [6.45, 7) is 1.58. The summed E-state index contributed by atoms with van der Waals surface area (Å²) in [6, 6.07) is 0. The summed E-state index contributed by atoms with van der Waals surface area (Å²) >= 11 is 0. The van der Waals surface area contributed by atoms with Crippen LogP contribution in [0, 0.1) is 12.3 Å². The molecule has 0 saturated carbocycles. The zero-order valence-electron chi connectivity index (χ0n) is 4.14. The second-order valence-corrected chi connectivity index (χ2v) is 1.04. The molecule has 0 aliphatic rings. The number of carbonyl (C=O) groups excluding carboxylic acids is 1. The first-order chi connectivity index (χ1) is 3.27. The van der Waals surface area contributed by atoms with E-state index < -0.39 is 0 Å². The number of nitrogens with zero attached hydrogens (tertiary/aromatic N) is 1. The Morgan fingerprint density at radius 1 is 2.00 bits per heavy atom. The van der Waals surface area contributed by atoms with Crippen LogP contribution >= 0.6 is 0 Å². The van der Waals surface area contributed by atoms with Crippen molar-refractivity contribution in [1.82, 2.24) is 5.32 Å². The fourth-order valence-corrected chi connectivity index (χ4v) is 0.157. The van der Waals surface area contributed by atoms with Gasteiger partial charge in [0.1, 0.15) is 6.54 Å². The molecular formula is C5H6NO. The Kier molecular flexibility index (Phi) is 2.78. The van der Waals surface area contributed by atoms with E-state index in [1.165, 1.54) is 6.92 Å². The first kappa shape index (κ1) is 6.03. The van der Waals surface area contributed by atoms with E-state index in [-0.39, 0.29) is 12.5 Å². The molecule has 0 N–H and O–H groups in total. The maximum absolute atomic E-state index is 9.94. The highest BCUT2D eigenvalue weighted by Gasteiger charge is 1.84. The van der Waals surface area contributed by atoms with Crippen LogP contribution in [0.4, 0.5) is 0 Å². The van der Waals surface area contributed by atoms with Crippen LogP contribution < -0.4 is 5.32 Å². The fourth-order valence-electron chi connectivity index (χ4n) is 0.157. The Balaban J connectivity index is 3.02. The van der Waals surface area contributed by atoms with Crippen LogP contribution in [0.3, 0.4) is 0 Å². The lowest BCUT2D eigenvalue weighted by molar-refractivity contribution is -0.119. The Labute approximate surface area is 42.9 Å². The third-order valence-electron chi connectivity index (χ3n) is 0.393. The molecule has 0 rings (SSSR count). The number of amides is 1. The van der Waals surface area contributed by atoms with Gasteiger partial charge in [-0.3, -0.25) is 4.79 Å². The Morgan fingerprint density at radius 3 is 2.71 bits per heavy atom. The second-order valence-electron chi connectivity index (χ2n) is 1.04. The van der Waals surface area contributed by atoms with Gasteiger partial charge in [-0.1, -0.05) is 5.92 Å². The van der Waals surface area contributed by atoms with Gasteiger partial charge in [0.25, 0.3) is 0 Å². The predicted molar refractivity (Wildman–Crippen MR) is 26.5 cm³/mol. The zero-order valence-corrected chi connectivity index (χ0v) is 4.14. The minimum Gasteiger partial charge on any atom is -0.273 e. The van der Waals surface area contributed by atoms with Crippen molar-refractivity contribution in [2.75, 3.05) is 6.54 Å². The van der Waals surface area contributed by atoms with Gasteiger partial charge in [-0.25, -0.2) is 5.32 Å². The van der Waals surface area contributed by atoms with E-state index in [9.17, 15) is 4.79 Å². The van der Waals surface area contributed by atoms with E-state index in [1.54, 1.807) is 0 Å². The van der Waals surface area contributed by atoms with Gasteiger partial charge in [-0.15, -0.1) is 6.42 Å². The maximum atomic E-state index is 9.94. The van der Waals surface area contributed by atoms with Gasteiger partial charge in [0, 0.05) is 6.92 Å². The van der Waals surface area contributed by atoms with Crippen molar-refractivity contribution < 1.29 is 4.79 Å². The van der Waals surface area contributed by atoms with Crippen molar-refractivity contribution >= 4 is 5.91 Å². The lowest BCUT2D eigenvalue weighted by atomic mass is 10.6. The molecule has 37 valence electrons. The van der Waals surface area contributed by atoms with Crippen LogP contribution in [0.2, 0.25) is 0 Å². The van der Waals surface area contributed by atoms with Crippen molar-refractivity contribution in [2.45, 2.75) is 6.92 Å². The normalized spacial score (nSPS) is 6.86. The summed E-state index contributed by atoms with van der Waals surface area (Å²) in [5.41, 5.74) is 0. The van der Waals surface area contributed by atoms with Crippen LogP contribution in [0.15, 0.2) is 0 Å². The number of terminal acetylenes is 1. The molecule has 0 spiro atoms. The van der Waals surface area contributed by atoms with Crippen LogP contribution in [-0.2, 0) is 4.79 Å². The lowest BCUT2D eigenvalue weighted by Gasteiger charge is -1.83. The van der Waals surface area contributed by atoms with E-state index in [0.717, 1.165) is 0 Å². The van der Waals surface area contributed by atoms with Gasteiger partial charge in [0.2, 0.25) is 5.91 Å². The van der Waals surface area contributed by atoms with E-state index in [4.69, 9.17) is 6.42 Å². The summed E-state index contributed by atoms with van der Waals surface area (Å²) in [6.07, 6.45) is 4.78. The van der Waals surface area contributed by atoms with E-state index in [0.29, 0.717) is 0 Å². The third-order valence-corrected chi connectivity index (χ3v) is 0.393. The van der Waals surface area contributed by atoms with Crippen LogP contribution in [-0.4, -0.2) is 12.5 Å². The molecule has 0 bridgehead atoms. The summed E-state index contributed by atoms with van der Waals surface area (Å²) in [7, 11) is 0. The van der Waals surface area contributed by atoms with Crippen molar-refractivity contribution in [3.05, 3.63) is 0 Å². The molecule has 0 aliphatic carbocycles. The van der Waals surface area contributed by atoms with Gasteiger partial charge < -0.3 is 0 Å². The molecular weight excluding hydrogens is 90.1 g/mol. The number of hydrogen-bond donors (Lipinski definition) is 0. The molecule has 2 heteroatoms. The average molecular weight is 96.1 g/mol. The largest absolute Gasteiger partial charge is 0.273 e. The fraction of sp³-hybridized carbons (Fsp3) is 0.400. The highest BCUT2D eigenvalue weighted by atomic mass is 16.1. The van der Waals surface area contributed by atoms with Gasteiger partial charge in [-0.2, -0.15) is 0 Å². The molecule has 0 heterocycles. The molecule has 0 atom stereocenters. The highest BCUT2D eigenvalue weighted by molar-refractivity contribution is 5.72. The minimum atomic E-state index is -0.210. The lowest BCUT2D eigenvalue weighted by Crippen LogP contribution is -2.10. The predicted octanol–water partition coefficient (Wildman–Crippen LogP) is -0.230. The Morgan fingerprint density at radius 2 is 2.57 bits per heavy atom. The molecule has 0 saturated heterocycles. The van der Waals surface area contributed by atoms with Gasteiger partial charge in [0.05, 0.1) is 0 Å². The van der Waals surface area contributed by atoms with Crippen molar-refractivity contribution in [3.63, 3.8) is 0 Å². The van der Waals surface area contributed by atoms with Gasteiger partial charge in [-0.05, 0) is 0 Å². The standard InChI is InChI=1S/C5H6NO/c1-3-4-6-5(2)7/h1H,4H2,2H3. The Hall–Kier alpha value is -0.970. The first-order valence-electron chi connectivity index (χ1n) is 1.89. The van der Waals surface area contributed by atoms with E-state index in [1.807, 2.05) is 0 Å². The molecule has 0 aliphatic heterocycles. The summed E-state index contributed by atoms with van der Waals surface area (Å²) in [4.78, 5) is 9.94. The number of hydrogen-bond acceptors (Lipinski definition) is 1. The monoisotopic (exact) mass is 96.0 g/mol. The smallest absolute Gasteiger partial charge is 0.238 e. The molecule has 0 aromatic heterocycles. The topological polar surface area (TPSA) is 31.2 Å². The van der Waals surface area contributed by atoms with Gasteiger partial charge >= 0.3 is 0 Å². The molecule has 1 radical (unpaired) electrons. The SMILES string of the molecule is C#CC[N]C(C)=O. The van der Waals surface area contributed by atoms with E-state index in [2.05, 4.69) is 11.2 Å². The highest BCUT2D eigenvalue weighted by Crippen LogP contribution is 1.59. The van der Waals surface area contributed by atoms with Gasteiger partial charge in [0.15, 0.2) is 0 Å². The van der Waals surface area contributed by atoms with Crippen molar-refractivity contribution in [3.8, 4) is 12.3 Å². The van der Waals surface area contributed by atoms with E-state index >= 15 is 0 Å². The second kappa shape index (κ2) is 3.23.